The summed E-state index contributed by atoms with van der Waals surface area (Å²) >= 11 is 0. The van der Waals surface area contributed by atoms with E-state index in [1.165, 1.54) is 11.1 Å². The Morgan fingerprint density at radius 3 is 2.79 bits per heavy atom. The Morgan fingerprint density at radius 2 is 2.11 bits per heavy atom. The van der Waals surface area contributed by atoms with Gasteiger partial charge in [0.1, 0.15) is 0 Å². The van der Waals surface area contributed by atoms with E-state index in [0.717, 1.165) is 25.0 Å². The Labute approximate surface area is 113 Å². The highest BCUT2D eigenvalue weighted by molar-refractivity contribution is 5.30. The van der Waals surface area contributed by atoms with Gasteiger partial charge in [0.05, 0.1) is 11.7 Å². The smallest absolute Gasteiger partial charge is 0.0660 e. The molecule has 0 aliphatic heterocycles. The molecule has 1 aromatic heterocycles. The summed E-state index contributed by atoms with van der Waals surface area (Å²) in [6.45, 7) is 0. The highest BCUT2D eigenvalue weighted by Gasteiger charge is 2.28. The largest absolute Gasteiger partial charge is 0.271 e. The zero-order valence-electron chi connectivity index (χ0n) is 11.2. The summed E-state index contributed by atoms with van der Waals surface area (Å²) in [6.07, 6.45) is 5.21. The number of rotatable bonds is 3. The van der Waals surface area contributed by atoms with Crippen LogP contribution >= 0.6 is 0 Å². The van der Waals surface area contributed by atoms with Crippen LogP contribution in [0.1, 0.15) is 29.3 Å². The van der Waals surface area contributed by atoms with Gasteiger partial charge in [-0.05, 0) is 42.4 Å². The topological polar surface area (TPSA) is 55.9 Å². The van der Waals surface area contributed by atoms with Crippen molar-refractivity contribution in [2.24, 2.45) is 18.8 Å². The van der Waals surface area contributed by atoms with E-state index in [9.17, 15) is 0 Å². The maximum absolute atomic E-state index is 5.79. The standard InChI is InChI=1S/C15H20N4/c1-19-14(8-9-17-19)15(18-16)13-7-6-11-4-2-3-5-12(11)10-13/h2-5,8-9,13,15,18H,6-7,10,16H2,1H3. The van der Waals surface area contributed by atoms with Gasteiger partial charge in [-0.25, -0.2) is 0 Å². The molecule has 0 saturated heterocycles. The Hall–Kier alpha value is -1.65. The minimum Gasteiger partial charge on any atom is -0.271 e. The molecule has 2 atom stereocenters. The zero-order valence-corrected chi connectivity index (χ0v) is 11.2. The summed E-state index contributed by atoms with van der Waals surface area (Å²) in [5.41, 5.74) is 7.09. The normalized spacial score (nSPS) is 20.0. The second-order valence-electron chi connectivity index (χ2n) is 5.30. The summed E-state index contributed by atoms with van der Waals surface area (Å²) in [5, 5.41) is 4.25. The molecule has 0 saturated carbocycles. The first-order valence-electron chi connectivity index (χ1n) is 6.80. The number of hydrogen-bond acceptors (Lipinski definition) is 3. The van der Waals surface area contributed by atoms with E-state index in [0.29, 0.717) is 5.92 Å². The Kier molecular flexibility index (Phi) is 3.36. The van der Waals surface area contributed by atoms with Gasteiger partial charge < -0.3 is 0 Å². The molecule has 1 aliphatic carbocycles. The first kappa shape index (κ1) is 12.4. The first-order chi connectivity index (χ1) is 9.29. The fourth-order valence-electron chi connectivity index (χ4n) is 3.16. The highest BCUT2D eigenvalue weighted by Crippen LogP contribution is 2.33. The monoisotopic (exact) mass is 256 g/mol. The van der Waals surface area contributed by atoms with Crippen LogP contribution in [0, 0.1) is 5.92 Å². The van der Waals surface area contributed by atoms with Gasteiger partial charge in [0.2, 0.25) is 0 Å². The number of fused-ring (bicyclic) bond motifs is 1. The van der Waals surface area contributed by atoms with Gasteiger partial charge in [-0.2, -0.15) is 5.10 Å². The van der Waals surface area contributed by atoms with Crippen LogP contribution in [-0.2, 0) is 19.9 Å². The van der Waals surface area contributed by atoms with Crippen molar-refractivity contribution >= 4 is 0 Å². The number of nitrogens with one attached hydrogen (secondary N) is 1. The predicted molar refractivity (Wildman–Crippen MR) is 75.2 cm³/mol. The van der Waals surface area contributed by atoms with Gasteiger partial charge >= 0.3 is 0 Å². The van der Waals surface area contributed by atoms with E-state index in [4.69, 9.17) is 5.84 Å². The van der Waals surface area contributed by atoms with Gasteiger partial charge in [-0.15, -0.1) is 0 Å². The highest BCUT2D eigenvalue weighted by atomic mass is 15.3. The average Bonchev–Trinajstić information content (AvgIpc) is 2.86. The fourth-order valence-corrected chi connectivity index (χ4v) is 3.16. The molecule has 19 heavy (non-hydrogen) atoms. The third-order valence-electron chi connectivity index (χ3n) is 4.21. The van der Waals surface area contributed by atoms with Gasteiger partial charge in [-0.3, -0.25) is 16.0 Å². The van der Waals surface area contributed by atoms with Gasteiger partial charge in [-0.1, -0.05) is 24.3 Å². The molecule has 3 rings (SSSR count). The van der Waals surface area contributed by atoms with Crippen molar-refractivity contribution in [2.75, 3.05) is 0 Å². The van der Waals surface area contributed by atoms with E-state index in [1.807, 2.05) is 24.0 Å². The molecule has 0 amide bonds. The zero-order chi connectivity index (χ0) is 13.2. The van der Waals surface area contributed by atoms with Crippen molar-refractivity contribution in [2.45, 2.75) is 25.3 Å². The van der Waals surface area contributed by atoms with Crippen LogP contribution < -0.4 is 11.3 Å². The molecule has 4 nitrogen and oxygen atoms in total. The summed E-state index contributed by atoms with van der Waals surface area (Å²) < 4.78 is 1.91. The molecular weight excluding hydrogens is 236 g/mol. The number of hydrazine groups is 1. The van der Waals surface area contributed by atoms with Crippen LogP contribution in [0.15, 0.2) is 36.5 Å². The summed E-state index contributed by atoms with van der Waals surface area (Å²) in [5.74, 6) is 6.32. The minimum absolute atomic E-state index is 0.167. The molecule has 2 unspecified atom stereocenters. The molecule has 1 aromatic carbocycles. The molecule has 0 bridgehead atoms. The van der Waals surface area contributed by atoms with Crippen molar-refractivity contribution in [3.63, 3.8) is 0 Å². The number of nitrogens with zero attached hydrogens (tertiary/aromatic N) is 2. The molecule has 2 aromatic rings. The Morgan fingerprint density at radius 1 is 1.32 bits per heavy atom. The van der Waals surface area contributed by atoms with Crippen LogP contribution in [-0.4, -0.2) is 9.78 Å². The molecule has 1 heterocycles. The average molecular weight is 256 g/mol. The molecular formula is C15H20N4. The van der Waals surface area contributed by atoms with Crippen molar-refractivity contribution in [3.8, 4) is 0 Å². The maximum Gasteiger partial charge on any atom is 0.0660 e. The Bertz CT molecular complexity index is 561. The third kappa shape index (κ3) is 2.29. The van der Waals surface area contributed by atoms with Gasteiger partial charge in [0.25, 0.3) is 0 Å². The van der Waals surface area contributed by atoms with Crippen molar-refractivity contribution in [3.05, 3.63) is 53.3 Å². The van der Waals surface area contributed by atoms with Gasteiger partial charge in [0.15, 0.2) is 0 Å². The lowest BCUT2D eigenvalue weighted by atomic mass is 9.79. The van der Waals surface area contributed by atoms with Crippen molar-refractivity contribution < 1.29 is 0 Å². The number of hydrogen-bond donors (Lipinski definition) is 2. The van der Waals surface area contributed by atoms with Crippen molar-refractivity contribution in [1.29, 1.82) is 0 Å². The minimum atomic E-state index is 0.167. The van der Waals surface area contributed by atoms with Crippen LogP contribution in [0.5, 0.6) is 0 Å². The first-order valence-corrected chi connectivity index (χ1v) is 6.80. The summed E-state index contributed by atoms with van der Waals surface area (Å²) in [6, 6.07) is 10.9. The predicted octanol–water partition coefficient (Wildman–Crippen LogP) is 1.73. The number of benzene rings is 1. The molecule has 0 radical (unpaired) electrons. The lowest BCUT2D eigenvalue weighted by Gasteiger charge is -2.31. The number of nitrogens with two attached hydrogens (primary N) is 1. The quantitative estimate of drug-likeness (QED) is 0.649. The second-order valence-corrected chi connectivity index (χ2v) is 5.30. The third-order valence-corrected chi connectivity index (χ3v) is 4.21. The van der Waals surface area contributed by atoms with Gasteiger partial charge in [0, 0.05) is 13.2 Å². The van der Waals surface area contributed by atoms with E-state index in [-0.39, 0.29) is 6.04 Å². The fraction of sp³-hybridized carbons (Fsp3) is 0.400. The Balaban J connectivity index is 1.85. The van der Waals surface area contributed by atoms with Crippen LogP contribution in [0.2, 0.25) is 0 Å². The van der Waals surface area contributed by atoms with Crippen LogP contribution in [0.25, 0.3) is 0 Å². The molecule has 4 heteroatoms. The lowest BCUT2D eigenvalue weighted by Crippen LogP contribution is -2.37. The summed E-state index contributed by atoms with van der Waals surface area (Å²) in [4.78, 5) is 0. The van der Waals surface area contributed by atoms with Crippen LogP contribution in [0.3, 0.4) is 0 Å². The number of aryl methyl sites for hydroxylation is 2. The molecule has 3 N–H and O–H groups in total. The maximum atomic E-state index is 5.79. The molecule has 1 aliphatic rings. The summed E-state index contributed by atoms with van der Waals surface area (Å²) in [7, 11) is 1.97. The van der Waals surface area contributed by atoms with Crippen LogP contribution in [0.4, 0.5) is 0 Å². The molecule has 0 fully saturated rings. The van der Waals surface area contributed by atoms with E-state index >= 15 is 0 Å². The van der Waals surface area contributed by atoms with E-state index in [2.05, 4.69) is 34.8 Å². The SMILES string of the molecule is Cn1nccc1C(NN)C1CCc2ccccc2C1. The number of aromatic nitrogens is 2. The van der Waals surface area contributed by atoms with E-state index in [1.54, 1.807) is 0 Å². The molecule has 100 valence electrons. The van der Waals surface area contributed by atoms with E-state index < -0.39 is 0 Å². The second kappa shape index (κ2) is 5.15. The molecule has 0 spiro atoms. The van der Waals surface area contributed by atoms with Crippen molar-refractivity contribution in [1.82, 2.24) is 15.2 Å². The lowest BCUT2D eigenvalue weighted by molar-refractivity contribution is 0.316.